The van der Waals surface area contributed by atoms with Crippen molar-refractivity contribution < 1.29 is 10.5 Å². The van der Waals surface area contributed by atoms with E-state index in [9.17, 15) is 5.21 Å². The van der Waals surface area contributed by atoms with Crippen LogP contribution in [0.5, 0.6) is 0 Å². The van der Waals surface area contributed by atoms with Crippen LogP contribution in [0.15, 0.2) is 65.8 Å². The van der Waals surface area contributed by atoms with Gasteiger partial charge in [-0.3, -0.25) is 0 Å². The summed E-state index contributed by atoms with van der Waals surface area (Å²) in [6.07, 6.45) is 1.79. The molecule has 3 atom stereocenters. The minimum Gasteiger partial charge on any atom is -0.411 e. The van der Waals surface area contributed by atoms with Gasteiger partial charge in [0.1, 0.15) is 12.1 Å². The molecule has 0 radical (unpaired) electrons. The summed E-state index contributed by atoms with van der Waals surface area (Å²) < 4.78 is 0. The van der Waals surface area contributed by atoms with Crippen molar-refractivity contribution in [2.45, 2.75) is 31.8 Å². The van der Waals surface area contributed by atoms with Crippen LogP contribution in [-0.4, -0.2) is 10.9 Å². The fraction of sp³-hybridized carbons (Fsp3) is 0.316. The highest BCUT2D eigenvalue weighted by Crippen LogP contribution is 2.31. The Labute approximate surface area is 131 Å². The molecule has 2 aromatic rings. The zero-order valence-corrected chi connectivity index (χ0v) is 12.9. The van der Waals surface area contributed by atoms with Gasteiger partial charge in [-0.25, -0.2) is 0 Å². The maximum atomic E-state index is 9.50. The number of quaternary nitrogens is 1. The van der Waals surface area contributed by atoms with Gasteiger partial charge in [0.15, 0.2) is 0 Å². The Morgan fingerprint density at radius 3 is 2.14 bits per heavy atom. The first kappa shape index (κ1) is 14.8. The Balaban J connectivity index is 1.95. The number of hydrogen-bond acceptors (Lipinski definition) is 2. The maximum Gasteiger partial charge on any atom is 0.120 e. The van der Waals surface area contributed by atoms with E-state index in [4.69, 9.17) is 0 Å². The van der Waals surface area contributed by atoms with E-state index in [1.165, 1.54) is 11.1 Å². The number of piperidine rings is 1. The van der Waals surface area contributed by atoms with E-state index in [0.717, 1.165) is 18.6 Å². The smallest absolute Gasteiger partial charge is 0.120 e. The second kappa shape index (κ2) is 6.75. The lowest BCUT2D eigenvalue weighted by atomic mass is 9.79. The average molecular weight is 295 g/mol. The molecular weight excluding hydrogens is 272 g/mol. The molecule has 0 bridgehead atoms. The van der Waals surface area contributed by atoms with E-state index in [2.05, 4.69) is 65.9 Å². The highest BCUT2D eigenvalue weighted by atomic mass is 16.4. The summed E-state index contributed by atoms with van der Waals surface area (Å²) in [5.41, 5.74) is 3.52. The second-order valence-electron chi connectivity index (χ2n) is 5.96. The van der Waals surface area contributed by atoms with Crippen LogP contribution in [0.25, 0.3) is 0 Å². The summed E-state index contributed by atoms with van der Waals surface area (Å²) >= 11 is 0. The minimum atomic E-state index is 0.285. The first-order valence-electron chi connectivity index (χ1n) is 7.99. The van der Waals surface area contributed by atoms with Crippen molar-refractivity contribution in [1.29, 1.82) is 0 Å². The van der Waals surface area contributed by atoms with Gasteiger partial charge in [0.25, 0.3) is 0 Å². The van der Waals surface area contributed by atoms with E-state index in [0.29, 0.717) is 12.1 Å². The Morgan fingerprint density at radius 1 is 1.00 bits per heavy atom. The van der Waals surface area contributed by atoms with Gasteiger partial charge in [-0.15, -0.1) is 0 Å². The molecule has 0 spiro atoms. The molecule has 1 saturated heterocycles. The van der Waals surface area contributed by atoms with E-state index in [1.807, 2.05) is 12.1 Å². The third-order valence-corrected chi connectivity index (χ3v) is 4.71. The first-order chi connectivity index (χ1) is 10.8. The molecule has 1 heterocycles. The molecular formula is C19H23N2O+. The van der Waals surface area contributed by atoms with Gasteiger partial charge in [-0.2, -0.15) is 0 Å². The van der Waals surface area contributed by atoms with Crippen molar-refractivity contribution in [3.8, 4) is 0 Å². The fourth-order valence-electron chi connectivity index (χ4n) is 3.59. The molecule has 0 saturated carbocycles. The normalized spacial score (nSPS) is 27.0. The number of nitrogens with zero attached hydrogens (tertiary/aromatic N) is 1. The molecule has 0 aliphatic carbocycles. The molecule has 114 valence electrons. The molecule has 3 rings (SSSR count). The predicted molar refractivity (Wildman–Crippen MR) is 87.9 cm³/mol. The topological polar surface area (TPSA) is 49.2 Å². The molecule has 2 aromatic carbocycles. The quantitative estimate of drug-likeness (QED) is 0.662. The van der Waals surface area contributed by atoms with Gasteiger partial charge in [-0.05, 0) is 6.42 Å². The van der Waals surface area contributed by atoms with E-state index in [-0.39, 0.29) is 5.92 Å². The van der Waals surface area contributed by atoms with Crippen molar-refractivity contribution in [1.82, 2.24) is 0 Å². The molecule has 3 heteroatoms. The second-order valence-corrected chi connectivity index (χ2v) is 5.96. The minimum absolute atomic E-state index is 0.285. The lowest BCUT2D eigenvalue weighted by Gasteiger charge is -2.35. The molecule has 0 amide bonds. The van der Waals surface area contributed by atoms with Crippen LogP contribution in [-0.2, 0) is 0 Å². The van der Waals surface area contributed by atoms with Crippen LogP contribution in [0, 0.1) is 5.92 Å². The van der Waals surface area contributed by atoms with Crippen molar-refractivity contribution in [3.63, 3.8) is 0 Å². The lowest BCUT2D eigenvalue weighted by Crippen LogP contribution is -2.90. The van der Waals surface area contributed by atoms with E-state index < -0.39 is 0 Å². The van der Waals surface area contributed by atoms with Gasteiger partial charge in [-0.1, -0.05) is 72.7 Å². The van der Waals surface area contributed by atoms with Gasteiger partial charge >= 0.3 is 0 Å². The summed E-state index contributed by atoms with van der Waals surface area (Å²) in [4.78, 5) is 0. The van der Waals surface area contributed by atoms with Crippen molar-refractivity contribution >= 4 is 5.71 Å². The molecule has 22 heavy (non-hydrogen) atoms. The van der Waals surface area contributed by atoms with Crippen LogP contribution >= 0.6 is 0 Å². The van der Waals surface area contributed by atoms with Crippen LogP contribution < -0.4 is 5.32 Å². The largest absolute Gasteiger partial charge is 0.411 e. The highest BCUT2D eigenvalue weighted by Gasteiger charge is 2.39. The van der Waals surface area contributed by atoms with Crippen LogP contribution in [0.2, 0.25) is 0 Å². The Morgan fingerprint density at radius 2 is 1.59 bits per heavy atom. The van der Waals surface area contributed by atoms with Crippen molar-refractivity contribution in [2.24, 2.45) is 11.1 Å². The summed E-state index contributed by atoms with van der Waals surface area (Å²) in [7, 11) is 0. The molecule has 3 nitrogen and oxygen atoms in total. The van der Waals surface area contributed by atoms with Crippen molar-refractivity contribution in [2.75, 3.05) is 0 Å². The third-order valence-electron chi connectivity index (χ3n) is 4.71. The molecule has 0 unspecified atom stereocenters. The summed E-state index contributed by atoms with van der Waals surface area (Å²) in [5.74, 6) is 0.285. The predicted octanol–water partition coefficient (Wildman–Crippen LogP) is 3.29. The van der Waals surface area contributed by atoms with E-state index >= 15 is 0 Å². The van der Waals surface area contributed by atoms with Crippen molar-refractivity contribution in [3.05, 3.63) is 71.8 Å². The number of rotatable bonds is 3. The van der Waals surface area contributed by atoms with Crippen LogP contribution in [0.1, 0.15) is 43.0 Å². The molecule has 1 aliphatic heterocycles. The average Bonchev–Trinajstić information content (AvgIpc) is 2.62. The highest BCUT2D eigenvalue weighted by molar-refractivity contribution is 5.87. The van der Waals surface area contributed by atoms with Gasteiger partial charge in [0.05, 0.1) is 11.6 Å². The zero-order chi connectivity index (χ0) is 15.4. The van der Waals surface area contributed by atoms with Gasteiger partial charge in [0, 0.05) is 17.5 Å². The SMILES string of the molecule is CC[C@@H]1/C(=N/O)C[C@@H](c2ccccc2)[NH2+][C@H]1c1ccccc1. The number of oxime groups is 1. The third kappa shape index (κ3) is 2.90. The first-order valence-corrected chi connectivity index (χ1v) is 7.99. The van der Waals surface area contributed by atoms with Gasteiger partial charge < -0.3 is 10.5 Å². The fourth-order valence-corrected chi connectivity index (χ4v) is 3.59. The summed E-state index contributed by atoms with van der Waals surface area (Å²) in [6.45, 7) is 2.17. The monoisotopic (exact) mass is 295 g/mol. The van der Waals surface area contributed by atoms with Crippen LogP contribution in [0.4, 0.5) is 0 Å². The van der Waals surface area contributed by atoms with Gasteiger partial charge in [0.2, 0.25) is 0 Å². The molecule has 3 N–H and O–H groups in total. The molecule has 1 aliphatic rings. The summed E-state index contributed by atoms with van der Waals surface area (Å²) in [5, 5.41) is 15.6. The summed E-state index contributed by atoms with van der Waals surface area (Å²) in [6, 6.07) is 21.7. The number of nitrogens with two attached hydrogens (primary N) is 1. The van der Waals surface area contributed by atoms with E-state index in [1.54, 1.807) is 0 Å². The molecule has 0 aromatic heterocycles. The number of hydrogen-bond donors (Lipinski definition) is 2. The number of benzene rings is 2. The molecule has 1 fully saturated rings. The Bertz CT molecular complexity index is 624. The lowest BCUT2D eigenvalue weighted by molar-refractivity contribution is -0.742. The van der Waals surface area contributed by atoms with Crippen LogP contribution in [0.3, 0.4) is 0 Å². The zero-order valence-electron chi connectivity index (χ0n) is 12.9. The maximum absolute atomic E-state index is 9.50. The Hall–Kier alpha value is -2.13. The standard InChI is InChI=1S/C19H22N2O/c1-2-16-18(21-22)13-17(14-9-5-3-6-10-14)20-19(16)15-11-7-4-8-12-15/h3-12,16-17,19-20,22H,2,13H2,1H3/p+1/b21-18+/t16-,17+,19+/m1/s1. The Kier molecular flexibility index (Phi) is 4.54.